The van der Waals surface area contributed by atoms with Gasteiger partial charge in [0.15, 0.2) is 11.5 Å². The lowest BCUT2D eigenvalue weighted by Crippen LogP contribution is -2.14. The summed E-state index contributed by atoms with van der Waals surface area (Å²) in [6.07, 6.45) is 3.30. The number of rotatable bonds is 8. The van der Waals surface area contributed by atoms with Crippen LogP contribution in [0, 0.1) is 0 Å². The standard InChI is InChI=1S/C18H21N3O4/c1-5-7-19-12-6-8-20-14(9-12)18(22)21-13-10-15(23-2)17(25-4)16(11-13)24-3/h5-6,8-11H,1,7H2,2-4H3,(H,19,20)(H,21,22). The molecule has 25 heavy (non-hydrogen) atoms. The maximum atomic E-state index is 12.5. The van der Waals surface area contributed by atoms with Crippen LogP contribution in [-0.2, 0) is 0 Å². The number of carbonyl (C=O) groups is 1. The highest BCUT2D eigenvalue weighted by atomic mass is 16.5. The van der Waals surface area contributed by atoms with E-state index in [4.69, 9.17) is 14.2 Å². The molecule has 2 aromatic rings. The van der Waals surface area contributed by atoms with E-state index < -0.39 is 0 Å². The topological polar surface area (TPSA) is 81.7 Å². The monoisotopic (exact) mass is 343 g/mol. The first-order valence-corrected chi connectivity index (χ1v) is 7.55. The van der Waals surface area contributed by atoms with Gasteiger partial charge < -0.3 is 24.8 Å². The third-order valence-corrected chi connectivity index (χ3v) is 3.37. The van der Waals surface area contributed by atoms with Crippen molar-refractivity contribution in [1.29, 1.82) is 0 Å². The van der Waals surface area contributed by atoms with Crippen LogP contribution in [0.5, 0.6) is 17.2 Å². The molecule has 1 aromatic carbocycles. The van der Waals surface area contributed by atoms with Gasteiger partial charge >= 0.3 is 0 Å². The van der Waals surface area contributed by atoms with Crippen LogP contribution in [0.4, 0.5) is 11.4 Å². The minimum absolute atomic E-state index is 0.280. The minimum atomic E-state index is -0.350. The molecule has 0 aliphatic rings. The summed E-state index contributed by atoms with van der Waals surface area (Å²) in [5, 5.41) is 5.89. The maximum absolute atomic E-state index is 12.5. The highest BCUT2D eigenvalue weighted by Crippen LogP contribution is 2.39. The van der Waals surface area contributed by atoms with Crippen LogP contribution in [0.25, 0.3) is 0 Å². The predicted molar refractivity (Wildman–Crippen MR) is 97.0 cm³/mol. The molecule has 7 heteroatoms. The van der Waals surface area contributed by atoms with Crippen LogP contribution >= 0.6 is 0 Å². The summed E-state index contributed by atoms with van der Waals surface area (Å²) in [6.45, 7) is 4.24. The lowest BCUT2D eigenvalue weighted by atomic mass is 10.2. The zero-order valence-corrected chi connectivity index (χ0v) is 14.5. The Hall–Kier alpha value is -3.22. The lowest BCUT2D eigenvalue weighted by Gasteiger charge is -2.14. The normalized spacial score (nSPS) is 9.88. The third kappa shape index (κ3) is 4.41. The fourth-order valence-electron chi connectivity index (χ4n) is 2.20. The maximum Gasteiger partial charge on any atom is 0.274 e. The fraction of sp³-hybridized carbons (Fsp3) is 0.222. The number of carbonyl (C=O) groups excluding carboxylic acids is 1. The van der Waals surface area contributed by atoms with Crippen molar-refractivity contribution < 1.29 is 19.0 Å². The summed E-state index contributed by atoms with van der Waals surface area (Å²) < 4.78 is 15.8. The summed E-state index contributed by atoms with van der Waals surface area (Å²) in [5.41, 5.74) is 1.57. The first-order valence-electron chi connectivity index (χ1n) is 7.55. The molecule has 7 nitrogen and oxygen atoms in total. The van der Waals surface area contributed by atoms with Crippen molar-refractivity contribution in [1.82, 2.24) is 4.98 Å². The van der Waals surface area contributed by atoms with E-state index in [-0.39, 0.29) is 11.6 Å². The van der Waals surface area contributed by atoms with Crippen LogP contribution in [-0.4, -0.2) is 38.8 Å². The molecule has 0 saturated carbocycles. The van der Waals surface area contributed by atoms with Gasteiger partial charge in [0.2, 0.25) is 5.75 Å². The Morgan fingerprint density at radius 3 is 2.36 bits per heavy atom. The molecule has 0 aliphatic carbocycles. The molecule has 0 spiro atoms. The Morgan fingerprint density at radius 2 is 1.80 bits per heavy atom. The van der Waals surface area contributed by atoms with Gasteiger partial charge in [-0.25, -0.2) is 0 Å². The Bertz CT molecular complexity index is 737. The second-order valence-electron chi connectivity index (χ2n) is 4.97. The Morgan fingerprint density at radius 1 is 1.12 bits per heavy atom. The van der Waals surface area contributed by atoms with Crippen molar-refractivity contribution in [2.75, 3.05) is 38.5 Å². The van der Waals surface area contributed by atoms with Crippen LogP contribution in [0.15, 0.2) is 43.1 Å². The number of anilines is 2. The van der Waals surface area contributed by atoms with Crippen LogP contribution in [0.3, 0.4) is 0 Å². The highest BCUT2D eigenvalue weighted by Gasteiger charge is 2.15. The van der Waals surface area contributed by atoms with E-state index in [0.717, 1.165) is 5.69 Å². The zero-order chi connectivity index (χ0) is 18.2. The van der Waals surface area contributed by atoms with Crippen molar-refractivity contribution in [3.05, 3.63) is 48.8 Å². The van der Waals surface area contributed by atoms with Gasteiger partial charge in [-0.15, -0.1) is 6.58 Å². The van der Waals surface area contributed by atoms with Gasteiger partial charge in [-0.2, -0.15) is 0 Å². The molecule has 0 unspecified atom stereocenters. The third-order valence-electron chi connectivity index (χ3n) is 3.37. The zero-order valence-electron chi connectivity index (χ0n) is 14.5. The summed E-state index contributed by atoms with van der Waals surface area (Å²) in [6, 6.07) is 6.74. The predicted octanol–water partition coefficient (Wildman–Crippen LogP) is 2.96. The van der Waals surface area contributed by atoms with Gasteiger partial charge in [0.25, 0.3) is 5.91 Å². The summed E-state index contributed by atoms with van der Waals surface area (Å²) >= 11 is 0. The molecule has 132 valence electrons. The van der Waals surface area contributed by atoms with E-state index in [1.54, 1.807) is 36.5 Å². The molecule has 1 heterocycles. The molecule has 0 aliphatic heterocycles. The number of nitrogens with zero attached hydrogens (tertiary/aromatic N) is 1. The molecule has 2 N–H and O–H groups in total. The Balaban J connectivity index is 2.24. The van der Waals surface area contributed by atoms with Gasteiger partial charge in [0, 0.05) is 36.2 Å². The molecule has 0 bridgehead atoms. The number of methoxy groups -OCH3 is 3. The van der Waals surface area contributed by atoms with Crippen molar-refractivity contribution in [2.45, 2.75) is 0 Å². The SMILES string of the molecule is C=CCNc1ccnc(C(=O)Nc2cc(OC)c(OC)c(OC)c2)c1. The average Bonchev–Trinajstić information content (AvgIpc) is 2.65. The first kappa shape index (κ1) is 18.1. The summed E-state index contributed by atoms with van der Waals surface area (Å²) in [7, 11) is 4.54. The molecule has 0 fully saturated rings. The molecular formula is C18H21N3O4. The highest BCUT2D eigenvalue weighted by molar-refractivity contribution is 6.03. The van der Waals surface area contributed by atoms with Crippen LogP contribution in [0.1, 0.15) is 10.5 Å². The quantitative estimate of drug-likeness (QED) is 0.717. The Labute approximate surface area is 146 Å². The van der Waals surface area contributed by atoms with Gasteiger partial charge in [0.1, 0.15) is 5.69 Å². The van der Waals surface area contributed by atoms with E-state index in [2.05, 4.69) is 22.2 Å². The number of benzene rings is 1. The molecular weight excluding hydrogens is 322 g/mol. The van der Waals surface area contributed by atoms with Crippen molar-refractivity contribution in [2.24, 2.45) is 0 Å². The number of pyridine rings is 1. The van der Waals surface area contributed by atoms with Gasteiger partial charge in [-0.05, 0) is 12.1 Å². The van der Waals surface area contributed by atoms with Gasteiger partial charge in [0.05, 0.1) is 21.3 Å². The first-order chi connectivity index (χ1) is 12.1. The smallest absolute Gasteiger partial charge is 0.274 e. The number of nitrogens with one attached hydrogen (secondary N) is 2. The molecule has 0 saturated heterocycles. The van der Waals surface area contributed by atoms with Crippen LogP contribution in [0.2, 0.25) is 0 Å². The number of aromatic nitrogens is 1. The summed E-state index contributed by atoms with van der Waals surface area (Å²) in [4.78, 5) is 16.6. The van der Waals surface area contributed by atoms with Crippen molar-refractivity contribution in [3.8, 4) is 17.2 Å². The average molecular weight is 343 g/mol. The molecule has 0 atom stereocenters. The molecule has 1 aromatic heterocycles. The van der Waals surface area contributed by atoms with Gasteiger partial charge in [-0.1, -0.05) is 6.08 Å². The molecule has 0 radical (unpaired) electrons. The Kier molecular flexibility index (Phi) is 6.22. The van der Waals surface area contributed by atoms with E-state index >= 15 is 0 Å². The van der Waals surface area contributed by atoms with E-state index in [0.29, 0.717) is 29.5 Å². The number of hydrogen-bond acceptors (Lipinski definition) is 6. The van der Waals surface area contributed by atoms with E-state index in [9.17, 15) is 4.79 Å². The number of amides is 1. The second-order valence-corrected chi connectivity index (χ2v) is 4.97. The van der Waals surface area contributed by atoms with Crippen molar-refractivity contribution >= 4 is 17.3 Å². The second kappa shape index (κ2) is 8.58. The van der Waals surface area contributed by atoms with Gasteiger partial charge in [-0.3, -0.25) is 9.78 Å². The summed E-state index contributed by atoms with van der Waals surface area (Å²) in [5.74, 6) is 1.01. The van der Waals surface area contributed by atoms with E-state index in [1.807, 2.05) is 0 Å². The largest absolute Gasteiger partial charge is 0.493 e. The van der Waals surface area contributed by atoms with Crippen molar-refractivity contribution in [3.63, 3.8) is 0 Å². The number of hydrogen-bond donors (Lipinski definition) is 2. The minimum Gasteiger partial charge on any atom is -0.493 e. The molecule has 1 amide bonds. The number of ether oxygens (including phenoxy) is 3. The lowest BCUT2D eigenvalue weighted by molar-refractivity contribution is 0.102. The van der Waals surface area contributed by atoms with Crippen LogP contribution < -0.4 is 24.8 Å². The fourth-order valence-corrected chi connectivity index (χ4v) is 2.20. The molecule has 2 rings (SSSR count). The van der Waals surface area contributed by atoms with E-state index in [1.165, 1.54) is 21.3 Å².